The van der Waals surface area contributed by atoms with Crippen LogP contribution < -0.4 is 4.74 Å². The fourth-order valence-electron chi connectivity index (χ4n) is 3.84. The lowest BCUT2D eigenvalue weighted by atomic mass is 9.90. The van der Waals surface area contributed by atoms with Gasteiger partial charge in [-0.15, -0.1) is 0 Å². The Kier molecular flexibility index (Phi) is 4.73. The van der Waals surface area contributed by atoms with E-state index < -0.39 is 11.9 Å². The lowest BCUT2D eigenvalue weighted by molar-refractivity contribution is -0.141. The number of methoxy groups -OCH3 is 1. The lowest BCUT2D eigenvalue weighted by Crippen LogP contribution is -2.23. The second kappa shape index (κ2) is 7.32. The highest BCUT2D eigenvalue weighted by atomic mass is 16.5. The Morgan fingerprint density at radius 2 is 2.11 bits per heavy atom. The molecule has 1 aliphatic rings. The third-order valence-corrected chi connectivity index (χ3v) is 5.17. The highest BCUT2D eigenvalue weighted by Gasteiger charge is 2.38. The number of aliphatic carboxylic acids is 1. The molecule has 4 rings (SSSR count). The van der Waals surface area contributed by atoms with E-state index in [1.54, 1.807) is 19.5 Å². The summed E-state index contributed by atoms with van der Waals surface area (Å²) in [4.78, 5) is 22.8. The van der Waals surface area contributed by atoms with E-state index in [9.17, 15) is 9.90 Å². The van der Waals surface area contributed by atoms with Crippen molar-refractivity contribution in [2.75, 3.05) is 20.2 Å². The SMILES string of the molecule is COc1cccc2ccc(CN3C[C@@H](C(=O)O)[C@H](c4cccnc4)C3)nc12. The number of benzene rings is 1. The average molecular weight is 363 g/mol. The van der Waals surface area contributed by atoms with E-state index in [4.69, 9.17) is 9.72 Å². The lowest BCUT2D eigenvalue weighted by Gasteiger charge is -2.16. The summed E-state index contributed by atoms with van der Waals surface area (Å²) in [6.07, 6.45) is 3.47. The van der Waals surface area contributed by atoms with Crippen LogP contribution in [0.2, 0.25) is 0 Å². The van der Waals surface area contributed by atoms with E-state index in [-0.39, 0.29) is 5.92 Å². The second-order valence-electron chi connectivity index (χ2n) is 6.87. The second-order valence-corrected chi connectivity index (χ2v) is 6.87. The molecule has 27 heavy (non-hydrogen) atoms. The highest BCUT2D eigenvalue weighted by Crippen LogP contribution is 2.33. The molecule has 0 unspecified atom stereocenters. The molecule has 0 radical (unpaired) electrons. The van der Waals surface area contributed by atoms with Crippen molar-refractivity contribution in [2.24, 2.45) is 5.92 Å². The maximum absolute atomic E-state index is 11.8. The first-order valence-corrected chi connectivity index (χ1v) is 8.93. The van der Waals surface area contributed by atoms with Gasteiger partial charge in [0.25, 0.3) is 0 Å². The average Bonchev–Trinajstić information content (AvgIpc) is 3.12. The topological polar surface area (TPSA) is 75.5 Å². The first-order valence-electron chi connectivity index (χ1n) is 8.93. The van der Waals surface area contributed by atoms with Gasteiger partial charge in [-0.05, 0) is 23.8 Å². The summed E-state index contributed by atoms with van der Waals surface area (Å²) in [5.41, 5.74) is 2.71. The molecule has 1 fully saturated rings. The van der Waals surface area contributed by atoms with Crippen molar-refractivity contribution in [1.29, 1.82) is 0 Å². The minimum absolute atomic E-state index is 0.0637. The van der Waals surface area contributed by atoms with Gasteiger partial charge in [-0.25, -0.2) is 4.98 Å². The summed E-state index contributed by atoms with van der Waals surface area (Å²) < 4.78 is 5.42. The quantitative estimate of drug-likeness (QED) is 0.751. The number of carbonyl (C=O) groups is 1. The molecule has 1 aliphatic heterocycles. The third kappa shape index (κ3) is 3.48. The van der Waals surface area contributed by atoms with E-state index in [0.29, 0.717) is 19.6 Å². The fraction of sp³-hybridized carbons (Fsp3) is 0.286. The molecule has 6 heteroatoms. The molecule has 0 amide bonds. The number of carboxylic acid groups (broad SMARTS) is 1. The van der Waals surface area contributed by atoms with Gasteiger partial charge >= 0.3 is 5.97 Å². The predicted octanol–water partition coefficient (Wildman–Crippen LogP) is 2.94. The molecule has 2 aromatic heterocycles. The van der Waals surface area contributed by atoms with E-state index in [1.165, 1.54) is 0 Å². The molecule has 1 aromatic carbocycles. The summed E-state index contributed by atoms with van der Waals surface area (Å²) in [7, 11) is 1.64. The van der Waals surface area contributed by atoms with Gasteiger partial charge in [0, 0.05) is 43.3 Å². The Labute approximate surface area is 157 Å². The molecule has 0 aliphatic carbocycles. The minimum atomic E-state index is -0.764. The molecule has 1 N–H and O–H groups in total. The molecule has 0 bridgehead atoms. The van der Waals surface area contributed by atoms with Gasteiger partial charge in [0.15, 0.2) is 0 Å². The minimum Gasteiger partial charge on any atom is -0.494 e. The van der Waals surface area contributed by atoms with Gasteiger partial charge in [-0.1, -0.05) is 24.3 Å². The van der Waals surface area contributed by atoms with Crippen LogP contribution in [0.3, 0.4) is 0 Å². The van der Waals surface area contributed by atoms with Crippen molar-refractivity contribution < 1.29 is 14.6 Å². The zero-order chi connectivity index (χ0) is 18.8. The molecule has 0 spiro atoms. The van der Waals surface area contributed by atoms with Crippen LogP contribution in [0.25, 0.3) is 10.9 Å². The van der Waals surface area contributed by atoms with E-state index >= 15 is 0 Å². The summed E-state index contributed by atoms with van der Waals surface area (Å²) in [6, 6.07) is 13.7. The molecule has 138 valence electrons. The number of likely N-dealkylation sites (tertiary alicyclic amines) is 1. The summed E-state index contributed by atoms with van der Waals surface area (Å²) in [5.74, 6) is -0.526. The van der Waals surface area contributed by atoms with Gasteiger partial charge in [-0.3, -0.25) is 14.7 Å². The largest absolute Gasteiger partial charge is 0.494 e. The van der Waals surface area contributed by atoms with Crippen LogP contribution in [0, 0.1) is 5.92 Å². The van der Waals surface area contributed by atoms with Crippen molar-refractivity contribution in [3.05, 3.63) is 66.1 Å². The number of hydrogen-bond donors (Lipinski definition) is 1. The van der Waals surface area contributed by atoms with Crippen molar-refractivity contribution in [3.8, 4) is 5.75 Å². The van der Waals surface area contributed by atoms with Gasteiger partial charge in [0.2, 0.25) is 0 Å². The van der Waals surface area contributed by atoms with E-state index in [0.717, 1.165) is 27.9 Å². The van der Waals surface area contributed by atoms with Crippen molar-refractivity contribution >= 4 is 16.9 Å². The molecule has 1 saturated heterocycles. The third-order valence-electron chi connectivity index (χ3n) is 5.17. The van der Waals surface area contributed by atoms with Gasteiger partial charge in [0.1, 0.15) is 11.3 Å². The Balaban J connectivity index is 1.58. The summed E-state index contributed by atoms with van der Waals surface area (Å²) in [6.45, 7) is 1.78. The zero-order valence-corrected chi connectivity index (χ0v) is 15.1. The van der Waals surface area contributed by atoms with Crippen LogP contribution in [-0.2, 0) is 11.3 Å². The number of pyridine rings is 2. The Hall–Kier alpha value is -2.99. The number of hydrogen-bond acceptors (Lipinski definition) is 5. The smallest absolute Gasteiger partial charge is 0.308 e. The number of rotatable bonds is 5. The zero-order valence-electron chi connectivity index (χ0n) is 15.1. The van der Waals surface area contributed by atoms with Gasteiger partial charge in [0.05, 0.1) is 18.7 Å². The van der Waals surface area contributed by atoms with Gasteiger partial charge in [-0.2, -0.15) is 0 Å². The van der Waals surface area contributed by atoms with E-state index in [2.05, 4.69) is 9.88 Å². The Morgan fingerprint density at radius 3 is 2.85 bits per heavy atom. The van der Waals surface area contributed by atoms with Crippen LogP contribution in [0.15, 0.2) is 54.9 Å². The van der Waals surface area contributed by atoms with Crippen LogP contribution in [0.1, 0.15) is 17.2 Å². The maximum Gasteiger partial charge on any atom is 0.308 e. The number of ether oxygens (including phenoxy) is 1. The Morgan fingerprint density at radius 1 is 1.22 bits per heavy atom. The summed E-state index contributed by atoms with van der Waals surface area (Å²) >= 11 is 0. The number of nitrogens with zero attached hydrogens (tertiary/aromatic N) is 3. The standard InChI is InChI=1S/C21H21N3O3/c1-27-19-6-2-4-14-7-8-16(23-20(14)19)11-24-12-17(18(13-24)21(25)26)15-5-3-9-22-10-15/h2-10,17-18H,11-13H2,1H3,(H,25,26)/t17-,18+/m0/s1. The fourth-order valence-corrected chi connectivity index (χ4v) is 3.84. The van der Waals surface area contributed by atoms with Gasteiger partial charge < -0.3 is 9.84 Å². The monoisotopic (exact) mass is 363 g/mol. The van der Waals surface area contributed by atoms with Crippen molar-refractivity contribution in [2.45, 2.75) is 12.5 Å². The molecule has 3 heterocycles. The molecule has 3 aromatic rings. The molecule has 2 atom stereocenters. The Bertz CT molecular complexity index is 961. The first kappa shape index (κ1) is 17.4. The highest BCUT2D eigenvalue weighted by molar-refractivity contribution is 5.84. The molecular weight excluding hydrogens is 342 g/mol. The number of aromatic nitrogens is 2. The molecule has 6 nitrogen and oxygen atoms in total. The normalized spacial score (nSPS) is 20.0. The van der Waals surface area contributed by atoms with Crippen molar-refractivity contribution in [1.82, 2.24) is 14.9 Å². The predicted molar refractivity (Wildman–Crippen MR) is 102 cm³/mol. The molecular formula is C21H21N3O3. The van der Waals surface area contributed by atoms with Crippen LogP contribution in [0.4, 0.5) is 0 Å². The number of carboxylic acids is 1. The van der Waals surface area contributed by atoms with Crippen molar-refractivity contribution in [3.63, 3.8) is 0 Å². The van der Waals surface area contributed by atoms with Crippen LogP contribution >= 0.6 is 0 Å². The first-order chi connectivity index (χ1) is 13.2. The van der Waals surface area contributed by atoms with Crippen LogP contribution in [-0.4, -0.2) is 46.1 Å². The molecule has 0 saturated carbocycles. The maximum atomic E-state index is 11.8. The van der Waals surface area contributed by atoms with Crippen LogP contribution in [0.5, 0.6) is 5.75 Å². The summed E-state index contributed by atoms with van der Waals surface area (Å²) in [5, 5.41) is 10.7. The van der Waals surface area contributed by atoms with E-state index in [1.807, 2.05) is 42.5 Å². The number of fused-ring (bicyclic) bond motifs is 1. The number of para-hydroxylation sites is 1.